The third kappa shape index (κ3) is 6.50. The van der Waals surface area contributed by atoms with Crippen molar-refractivity contribution in [1.82, 2.24) is 19.8 Å². The number of rotatable bonds is 14. The van der Waals surface area contributed by atoms with Crippen molar-refractivity contribution < 1.29 is 32.4 Å². The van der Waals surface area contributed by atoms with Crippen LogP contribution >= 0.6 is 0 Å². The number of Topliss-reactive ketones (excluding diaryl/α,β-unsaturated/α-hetero) is 2. The van der Waals surface area contributed by atoms with Crippen LogP contribution in [0.15, 0.2) is 12.7 Å². The van der Waals surface area contributed by atoms with Crippen LogP contribution in [0, 0.1) is 44.3 Å². The van der Waals surface area contributed by atoms with Crippen molar-refractivity contribution in [2.24, 2.45) is 44.3 Å². The average Bonchev–Trinajstić information content (AvgIpc) is 3.93. The lowest BCUT2D eigenvalue weighted by molar-refractivity contribution is -0.147. The van der Waals surface area contributed by atoms with Gasteiger partial charge < -0.3 is 10.2 Å². The Morgan fingerprint density at radius 3 is 1.96 bits per heavy atom. The Morgan fingerprint density at radius 1 is 0.907 bits per heavy atom. The number of amides is 3. The number of allylic oxidation sites excluding steroid dienone is 1. The first-order valence-electron chi connectivity index (χ1n) is 20.4. The zero-order chi connectivity index (χ0) is 40.2. The number of nitrogens with one attached hydrogen (secondary N) is 2. The topological polar surface area (TPSA) is 150 Å². The van der Waals surface area contributed by atoms with E-state index in [0.717, 1.165) is 32.2 Å². The number of hydrogen-bond acceptors (Lipinski definition) is 8. The van der Waals surface area contributed by atoms with Crippen LogP contribution in [0.4, 0.5) is 0 Å². The molecule has 2 heterocycles. The van der Waals surface area contributed by atoms with Crippen molar-refractivity contribution in [3.63, 3.8) is 0 Å². The molecular weight excluding hydrogens is 705 g/mol. The lowest BCUT2D eigenvalue weighted by Gasteiger charge is -2.44. The molecule has 0 unspecified atom stereocenters. The number of fused-ring (bicyclic) bond motifs is 1. The van der Waals surface area contributed by atoms with E-state index in [0.29, 0.717) is 32.2 Å². The molecule has 6 fully saturated rings. The van der Waals surface area contributed by atoms with E-state index < -0.39 is 55.4 Å². The molecule has 2 aliphatic heterocycles. The van der Waals surface area contributed by atoms with Gasteiger partial charge in [-0.3, -0.25) is 33.6 Å². The minimum Gasteiger partial charge on any atom is -0.344 e. The lowest BCUT2D eigenvalue weighted by atomic mass is 9.73. The SMILES string of the molecule is C=C[C@@H]1C[C@]1(CC(=O)[C@@H]1C[C@@]2(CN1C(=O)[C@@H](CC(=O)[C@@H](NC(=O)[C@@H]1CCN1C(C)C)C(C)(C)C)C(C)(C)C)C(C)(C)C21CCC1)C(=O)NS(=O)(=O)C1CC1. The van der Waals surface area contributed by atoms with E-state index in [1.807, 2.05) is 41.5 Å². The van der Waals surface area contributed by atoms with Crippen molar-refractivity contribution in [3.05, 3.63) is 12.7 Å². The second kappa shape index (κ2) is 13.2. The Balaban J connectivity index is 1.27. The van der Waals surface area contributed by atoms with E-state index in [4.69, 9.17) is 0 Å². The van der Waals surface area contributed by atoms with Gasteiger partial charge in [0.1, 0.15) is 0 Å². The molecule has 0 radical (unpaired) electrons. The van der Waals surface area contributed by atoms with Gasteiger partial charge in [-0.15, -0.1) is 6.58 Å². The third-order valence-corrected chi connectivity index (χ3v) is 17.1. The van der Waals surface area contributed by atoms with E-state index in [1.165, 1.54) is 0 Å². The Hall–Kier alpha value is -2.60. The standard InChI is InChI=1S/C42H66N4O7S/c1-12-26-21-40(26,36(51)44-54(52,53)27-14-15-27)23-32(48)30-22-42(39(10,11)41(42)17-13-18-41)24-46(30)35(50)28(37(4,5)6)20-31(47)33(38(7,8)9)43-34(49)29-16-19-45(29)25(2)3/h12,25-30,33H,1,13-24H2,2-11H3,(H,43,49)(H,44,51)/t26-,28-,29+,30+,33-,40-,42-/m1/s1. The van der Waals surface area contributed by atoms with Gasteiger partial charge in [-0.2, -0.15) is 0 Å². The largest absolute Gasteiger partial charge is 0.344 e. The molecule has 6 aliphatic rings. The van der Waals surface area contributed by atoms with Crippen LogP contribution < -0.4 is 10.0 Å². The number of carbonyl (C=O) groups is 5. The quantitative estimate of drug-likeness (QED) is 0.230. The van der Waals surface area contributed by atoms with E-state index in [1.54, 1.807) is 11.0 Å². The molecule has 6 rings (SSSR count). The number of carbonyl (C=O) groups excluding carboxylic acids is 5. The number of likely N-dealkylation sites (tertiary alicyclic amines) is 2. The highest BCUT2D eigenvalue weighted by atomic mass is 32.2. The molecular formula is C42H66N4O7S. The summed E-state index contributed by atoms with van der Waals surface area (Å²) in [6, 6.07) is -1.69. The molecule has 2 N–H and O–H groups in total. The molecule has 2 spiro atoms. The normalized spacial score (nSPS) is 32.4. The Kier molecular flexibility index (Phi) is 10.1. The summed E-state index contributed by atoms with van der Waals surface area (Å²) in [6.45, 7) is 25.3. The van der Waals surface area contributed by atoms with Crippen molar-refractivity contribution in [2.75, 3.05) is 13.1 Å². The van der Waals surface area contributed by atoms with E-state index in [2.05, 4.69) is 49.2 Å². The highest BCUT2D eigenvalue weighted by molar-refractivity contribution is 7.90. The lowest BCUT2D eigenvalue weighted by Crippen LogP contribution is -2.62. The molecule has 4 aliphatic carbocycles. The molecule has 3 amide bonds. The third-order valence-electron chi connectivity index (χ3n) is 15.3. The summed E-state index contributed by atoms with van der Waals surface area (Å²) in [5, 5.41) is 2.50. The van der Waals surface area contributed by atoms with Crippen LogP contribution in [-0.4, -0.2) is 90.0 Å². The van der Waals surface area contributed by atoms with Gasteiger partial charge in [-0.05, 0) is 86.4 Å². The fourth-order valence-corrected chi connectivity index (χ4v) is 12.4. The molecule has 7 atom stereocenters. The summed E-state index contributed by atoms with van der Waals surface area (Å²) in [7, 11) is -3.82. The predicted molar refractivity (Wildman–Crippen MR) is 207 cm³/mol. The molecule has 0 aromatic carbocycles. The second-order valence-electron chi connectivity index (χ2n) is 20.9. The summed E-state index contributed by atoms with van der Waals surface area (Å²) in [5.41, 5.74) is -2.81. The van der Waals surface area contributed by atoms with Crippen molar-refractivity contribution in [3.8, 4) is 0 Å². The van der Waals surface area contributed by atoms with Gasteiger partial charge in [-0.1, -0.05) is 67.9 Å². The average molecular weight is 771 g/mol. The fraction of sp³-hybridized carbons (Fsp3) is 0.833. The molecule has 302 valence electrons. The van der Waals surface area contributed by atoms with Gasteiger partial charge in [0.05, 0.1) is 28.8 Å². The number of nitrogens with zero attached hydrogens (tertiary/aromatic N) is 2. The molecule has 12 heteroatoms. The van der Waals surface area contributed by atoms with Crippen LogP contribution in [0.2, 0.25) is 0 Å². The summed E-state index contributed by atoms with van der Waals surface area (Å²) in [5.74, 6) is -2.65. The smallest absolute Gasteiger partial charge is 0.240 e. The number of sulfonamides is 1. The Bertz CT molecular complexity index is 1720. The molecule has 0 bridgehead atoms. The second-order valence-corrected chi connectivity index (χ2v) is 22.8. The van der Waals surface area contributed by atoms with Crippen LogP contribution in [0.1, 0.15) is 133 Å². The molecule has 0 aromatic heterocycles. The fourth-order valence-electron chi connectivity index (χ4n) is 11.0. The summed E-state index contributed by atoms with van der Waals surface area (Å²) in [6.07, 6.45) is 7.09. The monoisotopic (exact) mass is 770 g/mol. The first kappa shape index (κ1) is 41.0. The minimum atomic E-state index is -3.82. The van der Waals surface area contributed by atoms with Gasteiger partial charge in [0.25, 0.3) is 0 Å². The predicted octanol–water partition coefficient (Wildman–Crippen LogP) is 5.18. The summed E-state index contributed by atoms with van der Waals surface area (Å²) in [4.78, 5) is 75.3. The van der Waals surface area contributed by atoms with Gasteiger partial charge in [0, 0.05) is 43.3 Å². The molecule has 54 heavy (non-hydrogen) atoms. The highest BCUT2D eigenvalue weighted by Gasteiger charge is 2.85. The van der Waals surface area contributed by atoms with Crippen molar-refractivity contribution in [2.45, 2.75) is 163 Å². The van der Waals surface area contributed by atoms with E-state index in [9.17, 15) is 27.6 Å². The molecule has 11 nitrogen and oxygen atoms in total. The first-order chi connectivity index (χ1) is 24.8. The molecule has 4 saturated carbocycles. The van der Waals surface area contributed by atoms with Gasteiger partial charge in [0.2, 0.25) is 27.7 Å². The Morgan fingerprint density at radius 2 is 1.54 bits per heavy atom. The molecule has 0 aromatic rings. The van der Waals surface area contributed by atoms with Gasteiger partial charge >= 0.3 is 0 Å². The van der Waals surface area contributed by atoms with E-state index >= 15 is 4.79 Å². The summed E-state index contributed by atoms with van der Waals surface area (Å²) < 4.78 is 27.9. The van der Waals surface area contributed by atoms with Crippen molar-refractivity contribution in [1.29, 1.82) is 0 Å². The minimum absolute atomic E-state index is 0.0320. The summed E-state index contributed by atoms with van der Waals surface area (Å²) >= 11 is 0. The maximum absolute atomic E-state index is 15.1. The van der Waals surface area contributed by atoms with Crippen LogP contribution in [0.25, 0.3) is 0 Å². The van der Waals surface area contributed by atoms with Crippen LogP contribution in [0.3, 0.4) is 0 Å². The zero-order valence-corrected chi connectivity index (χ0v) is 35.3. The molecule has 2 saturated heterocycles. The van der Waals surface area contributed by atoms with Crippen LogP contribution in [-0.2, 0) is 34.0 Å². The first-order valence-corrected chi connectivity index (χ1v) is 22.0. The Labute approximate surface area is 323 Å². The number of hydrogen-bond donors (Lipinski definition) is 2. The van der Waals surface area contributed by atoms with E-state index in [-0.39, 0.29) is 70.5 Å². The maximum atomic E-state index is 15.1. The zero-order valence-electron chi connectivity index (χ0n) is 34.5. The number of ketones is 2. The van der Waals surface area contributed by atoms with Gasteiger partial charge in [-0.25, -0.2) is 8.42 Å². The maximum Gasteiger partial charge on any atom is 0.240 e. The highest BCUT2D eigenvalue weighted by Crippen LogP contribution is 2.88. The van der Waals surface area contributed by atoms with Gasteiger partial charge in [0.15, 0.2) is 11.6 Å². The van der Waals surface area contributed by atoms with Crippen molar-refractivity contribution >= 4 is 39.3 Å². The van der Waals surface area contributed by atoms with Crippen LogP contribution in [0.5, 0.6) is 0 Å².